The van der Waals surface area contributed by atoms with Crippen LogP contribution in [0.4, 0.5) is 0 Å². The molecule has 1 nitrogen and oxygen atoms in total. The van der Waals surface area contributed by atoms with Crippen LogP contribution in [0.5, 0.6) is 0 Å². The predicted molar refractivity (Wildman–Crippen MR) is 165 cm³/mol. The summed E-state index contributed by atoms with van der Waals surface area (Å²) in [5.74, 6) is 0. The second kappa shape index (κ2) is 8.72. The van der Waals surface area contributed by atoms with Crippen LogP contribution in [0.2, 0.25) is 0 Å². The van der Waals surface area contributed by atoms with Crippen molar-refractivity contribution >= 4 is 43.5 Å². The third-order valence-corrected chi connectivity index (χ3v) is 7.06. The Labute approximate surface area is 243 Å². The van der Waals surface area contributed by atoms with Crippen molar-refractivity contribution in [3.63, 3.8) is 0 Å². The van der Waals surface area contributed by atoms with Gasteiger partial charge >= 0.3 is 0 Å². The number of fused-ring (bicyclic) bond motifs is 5. The second-order valence-electron chi connectivity index (χ2n) is 9.21. The lowest BCUT2D eigenvalue weighted by Gasteiger charge is -2.18. The molecular formula is C38H24O. The molecule has 0 aliphatic carbocycles. The maximum absolute atomic E-state index is 9.17. The molecule has 0 aliphatic rings. The first-order valence-electron chi connectivity index (χ1n) is 18.4. The number of hydrogen-bond acceptors (Lipinski definition) is 1. The lowest BCUT2D eigenvalue weighted by Crippen LogP contribution is -1.91. The quantitative estimate of drug-likeness (QED) is 0.216. The van der Waals surface area contributed by atoms with Gasteiger partial charge in [-0.25, -0.2) is 0 Å². The Morgan fingerprint density at radius 2 is 0.872 bits per heavy atom. The number of rotatable bonds is 3. The molecule has 39 heavy (non-hydrogen) atoms. The number of furan rings is 1. The van der Waals surface area contributed by atoms with Crippen molar-refractivity contribution in [3.05, 3.63) is 145 Å². The lowest BCUT2D eigenvalue weighted by atomic mass is 9.85. The van der Waals surface area contributed by atoms with Crippen LogP contribution in [-0.2, 0) is 0 Å². The summed E-state index contributed by atoms with van der Waals surface area (Å²) in [6.07, 6.45) is 0. The molecule has 0 aliphatic heterocycles. The first-order chi connectivity index (χ1) is 24.3. The third kappa shape index (κ3) is 3.48. The monoisotopic (exact) mass is 508 g/mol. The van der Waals surface area contributed by atoms with Crippen molar-refractivity contribution in [1.29, 1.82) is 0 Å². The molecule has 0 unspecified atom stereocenters. The van der Waals surface area contributed by atoms with Gasteiger partial charge in [-0.1, -0.05) is 127 Å². The van der Waals surface area contributed by atoms with Gasteiger partial charge in [0.15, 0.2) is 0 Å². The second-order valence-corrected chi connectivity index (χ2v) is 9.21. The number of hydrogen-bond donors (Lipinski definition) is 0. The van der Waals surface area contributed by atoms with E-state index in [1.165, 1.54) is 6.07 Å². The summed E-state index contributed by atoms with van der Waals surface area (Å²) in [4.78, 5) is 0. The van der Waals surface area contributed by atoms with E-state index in [-0.39, 0.29) is 73.4 Å². The summed E-state index contributed by atoms with van der Waals surface area (Å²) in [6, 6.07) is 16.5. The van der Waals surface area contributed by atoms with Gasteiger partial charge < -0.3 is 4.42 Å². The summed E-state index contributed by atoms with van der Waals surface area (Å²) in [6.45, 7) is 0. The SMILES string of the molecule is [2H]c1c([2H])c([2H])c2c(oc3cc(-c4c5c([2H])c([2H])c([2H])c([2H])c5c(-c5ccc(-c6ccccc6)cc5)c5c([2H])c([2H])c([2H])c([2H])c45)ccc32)c1[2H]. The average molecular weight is 509 g/mol. The molecule has 0 radical (unpaired) electrons. The van der Waals surface area contributed by atoms with E-state index in [1.54, 1.807) is 24.3 Å². The highest BCUT2D eigenvalue weighted by molar-refractivity contribution is 6.22. The molecule has 1 aromatic heterocycles. The van der Waals surface area contributed by atoms with Gasteiger partial charge in [0.2, 0.25) is 0 Å². The van der Waals surface area contributed by atoms with Crippen LogP contribution in [0.15, 0.2) is 150 Å². The molecule has 0 fully saturated rings. The van der Waals surface area contributed by atoms with E-state index in [4.69, 9.17) is 18.1 Å². The van der Waals surface area contributed by atoms with E-state index in [0.29, 0.717) is 16.5 Å². The van der Waals surface area contributed by atoms with Gasteiger partial charge in [0.25, 0.3) is 0 Å². The van der Waals surface area contributed by atoms with Crippen molar-refractivity contribution in [2.24, 2.45) is 0 Å². The van der Waals surface area contributed by atoms with Gasteiger partial charge in [-0.15, -0.1) is 0 Å². The zero-order valence-electron chi connectivity index (χ0n) is 32.3. The minimum absolute atomic E-state index is 0.0420. The molecule has 0 saturated carbocycles. The molecule has 7 aromatic carbocycles. The first-order valence-corrected chi connectivity index (χ1v) is 12.4. The van der Waals surface area contributed by atoms with Crippen molar-refractivity contribution in [1.82, 2.24) is 0 Å². The molecule has 182 valence electrons. The summed E-state index contributed by atoms with van der Waals surface area (Å²) in [5, 5.41) is 0.792. The first kappa shape index (κ1) is 13.1. The summed E-state index contributed by atoms with van der Waals surface area (Å²) >= 11 is 0. The molecule has 8 rings (SSSR count). The fraction of sp³-hybridized carbons (Fsp3) is 0. The van der Waals surface area contributed by atoms with Gasteiger partial charge in [-0.3, -0.25) is 0 Å². The smallest absolute Gasteiger partial charge is 0.136 e. The standard InChI is InChI=1S/C38H24O/c1-2-10-25(11-3-1)26-18-20-27(21-19-26)37-31-13-4-6-15-33(31)38(34-16-7-5-14-32(34)37)28-22-23-30-29-12-8-9-17-35(29)39-36(30)24-28/h1-24H/i4D,5D,6D,7D,8D,9D,12D,13D,14D,15D,16D,17D. The lowest BCUT2D eigenvalue weighted by molar-refractivity contribution is 0.669. The molecule has 0 spiro atoms. The molecule has 0 saturated heterocycles. The zero-order chi connectivity index (χ0) is 36.2. The summed E-state index contributed by atoms with van der Waals surface area (Å²) in [7, 11) is 0. The highest BCUT2D eigenvalue weighted by Gasteiger charge is 2.17. The van der Waals surface area contributed by atoms with E-state index in [2.05, 4.69) is 0 Å². The van der Waals surface area contributed by atoms with Gasteiger partial charge in [0.1, 0.15) is 11.2 Å². The minimum Gasteiger partial charge on any atom is -0.456 e. The normalized spacial score (nSPS) is 15.9. The number of para-hydroxylation sites is 1. The van der Waals surface area contributed by atoms with Crippen LogP contribution >= 0.6 is 0 Å². The van der Waals surface area contributed by atoms with Crippen LogP contribution in [0, 0.1) is 0 Å². The summed E-state index contributed by atoms with van der Waals surface area (Å²) < 4.78 is 110. The Morgan fingerprint density at radius 3 is 1.51 bits per heavy atom. The maximum atomic E-state index is 9.17. The fourth-order valence-electron chi connectivity index (χ4n) is 5.31. The Balaban J connectivity index is 1.56. The van der Waals surface area contributed by atoms with Gasteiger partial charge in [-0.2, -0.15) is 0 Å². The highest BCUT2D eigenvalue weighted by atomic mass is 16.3. The van der Waals surface area contributed by atoms with Crippen molar-refractivity contribution in [2.45, 2.75) is 0 Å². The average Bonchev–Trinajstić information content (AvgIpc) is 3.54. The number of benzene rings is 7. The summed E-state index contributed by atoms with van der Waals surface area (Å²) in [5.41, 5.74) is 3.09. The van der Waals surface area contributed by atoms with Gasteiger partial charge in [-0.05, 0) is 73.1 Å². The van der Waals surface area contributed by atoms with E-state index < -0.39 is 48.3 Å². The van der Waals surface area contributed by atoms with Gasteiger partial charge in [0.05, 0.1) is 16.4 Å². The zero-order valence-corrected chi connectivity index (χ0v) is 20.3. The predicted octanol–water partition coefficient (Wildman–Crippen LogP) is 10.9. The largest absolute Gasteiger partial charge is 0.456 e. The van der Waals surface area contributed by atoms with Crippen molar-refractivity contribution < 1.29 is 20.9 Å². The van der Waals surface area contributed by atoms with Gasteiger partial charge in [0, 0.05) is 10.8 Å². The van der Waals surface area contributed by atoms with Crippen LogP contribution in [-0.4, -0.2) is 0 Å². The Hall–Kier alpha value is -5.14. The van der Waals surface area contributed by atoms with E-state index >= 15 is 0 Å². The Morgan fingerprint density at radius 1 is 0.385 bits per heavy atom. The molecule has 1 heteroatoms. The maximum Gasteiger partial charge on any atom is 0.136 e. The van der Waals surface area contributed by atoms with Crippen molar-refractivity contribution in [3.8, 4) is 33.4 Å². The van der Waals surface area contributed by atoms with Crippen molar-refractivity contribution in [2.75, 3.05) is 0 Å². The topological polar surface area (TPSA) is 13.1 Å². The molecular weight excluding hydrogens is 472 g/mol. The molecule has 0 atom stereocenters. The minimum atomic E-state index is -0.521. The molecule has 0 N–H and O–H groups in total. The fourth-order valence-corrected chi connectivity index (χ4v) is 5.31. The molecule has 1 heterocycles. The van der Waals surface area contributed by atoms with Crippen LogP contribution < -0.4 is 0 Å². The third-order valence-electron chi connectivity index (χ3n) is 7.06. The van der Waals surface area contributed by atoms with Crippen LogP contribution in [0.3, 0.4) is 0 Å². The Kier molecular flexibility index (Phi) is 2.92. The van der Waals surface area contributed by atoms with Crippen LogP contribution in [0.25, 0.3) is 76.9 Å². The molecule has 0 bridgehead atoms. The molecule has 8 aromatic rings. The van der Waals surface area contributed by atoms with Crippen LogP contribution in [0.1, 0.15) is 16.4 Å². The van der Waals surface area contributed by atoms with E-state index in [9.17, 15) is 2.74 Å². The van der Waals surface area contributed by atoms with E-state index in [1.807, 2.05) is 42.5 Å². The highest BCUT2D eigenvalue weighted by Crippen LogP contribution is 2.44. The molecule has 0 amide bonds. The Bertz CT molecular complexity index is 2730. The van der Waals surface area contributed by atoms with E-state index in [0.717, 1.165) is 11.1 Å².